The van der Waals surface area contributed by atoms with E-state index < -0.39 is 12.1 Å². The van der Waals surface area contributed by atoms with Gasteiger partial charge in [-0.05, 0) is 69.0 Å². The molecule has 1 saturated carbocycles. The number of esters is 1. The largest absolute Gasteiger partial charge is 0.490 e. The molecule has 1 atom stereocenters. The fourth-order valence-electron chi connectivity index (χ4n) is 4.88. The van der Waals surface area contributed by atoms with Crippen molar-refractivity contribution in [1.82, 2.24) is 9.66 Å². The summed E-state index contributed by atoms with van der Waals surface area (Å²) < 4.78 is 18.9. The number of aromatic nitrogens is 2. The molecule has 8 nitrogen and oxygen atoms in total. The molecule has 39 heavy (non-hydrogen) atoms. The van der Waals surface area contributed by atoms with Crippen molar-refractivity contribution in [3.05, 3.63) is 74.8 Å². The molecule has 0 aliphatic heterocycles. The lowest BCUT2D eigenvalue weighted by molar-refractivity contribution is -0.147. The lowest BCUT2D eigenvalue weighted by Gasteiger charge is -2.23. The summed E-state index contributed by atoms with van der Waals surface area (Å²) in [6.07, 6.45) is 8.41. The molecule has 1 fully saturated rings. The zero-order chi connectivity index (χ0) is 27.9. The van der Waals surface area contributed by atoms with Gasteiger partial charge in [0.1, 0.15) is 5.82 Å². The highest BCUT2D eigenvalue weighted by atomic mass is 79.9. The molecule has 1 heterocycles. The van der Waals surface area contributed by atoms with Gasteiger partial charge < -0.3 is 14.2 Å². The molecule has 0 amide bonds. The van der Waals surface area contributed by atoms with Crippen LogP contribution in [0.5, 0.6) is 11.5 Å². The third-order valence-corrected chi connectivity index (χ3v) is 7.27. The van der Waals surface area contributed by atoms with E-state index in [2.05, 4.69) is 27.6 Å². The van der Waals surface area contributed by atoms with E-state index in [9.17, 15) is 9.59 Å². The molecule has 2 aromatic carbocycles. The van der Waals surface area contributed by atoms with Crippen molar-refractivity contribution < 1.29 is 19.0 Å². The van der Waals surface area contributed by atoms with Crippen LogP contribution >= 0.6 is 15.9 Å². The van der Waals surface area contributed by atoms with Crippen LogP contribution in [-0.4, -0.2) is 41.7 Å². The number of benzene rings is 2. The predicted octanol–water partition coefficient (Wildman–Crippen LogP) is 6.16. The Morgan fingerprint density at radius 3 is 2.72 bits per heavy atom. The number of methoxy groups -OCH3 is 1. The van der Waals surface area contributed by atoms with E-state index in [0.717, 1.165) is 35.7 Å². The maximum atomic E-state index is 13.7. The van der Waals surface area contributed by atoms with E-state index in [-0.39, 0.29) is 11.5 Å². The topological polar surface area (TPSA) is 92.0 Å². The molecule has 9 heteroatoms. The first-order chi connectivity index (χ1) is 18.9. The molecule has 1 aliphatic carbocycles. The molecule has 0 unspecified atom stereocenters. The van der Waals surface area contributed by atoms with Crippen LogP contribution in [0.15, 0.2) is 57.4 Å². The van der Waals surface area contributed by atoms with Crippen LogP contribution in [0.25, 0.3) is 10.9 Å². The van der Waals surface area contributed by atoms with Crippen LogP contribution in [0.1, 0.15) is 68.8 Å². The fraction of sp³-hybridized carbons (Fsp3) is 0.400. The zero-order valence-electron chi connectivity index (χ0n) is 22.6. The second-order valence-corrected chi connectivity index (χ2v) is 10.5. The second kappa shape index (κ2) is 13.1. The molecule has 0 N–H and O–H groups in total. The normalized spacial score (nSPS) is 14.9. The SMILES string of the molecule is C=CCc1cc(C=Nn2c(C3CCCCC3)nc3ccc(Br)cc3c2=O)cc(OCC)c1O[C@H](C)C(=O)OC. The first kappa shape index (κ1) is 28.5. The summed E-state index contributed by atoms with van der Waals surface area (Å²) in [6, 6.07) is 9.23. The fourth-order valence-corrected chi connectivity index (χ4v) is 5.24. The van der Waals surface area contributed by atoms with Gasteiger partial charge in [0.05, 0.1) is 30.8 Å². The lowest BCUT2D eigenvalue weighted by atomic mass is 9.88. The second-order valence-electron chi connectivity index (χ2n) is 9.54. The Labute approximate surface area is 236 Å². The number of hydrogen-bond donors (Lipinski definition) is 0. The number of carbonyl (C=O) groups is 1. The quantitative estimate of drug-likeness (QED) is 0.158. The summed E-state index contributed by atoms with van der Waals surface area (Å²) in [5, 5.41) is 5.17. The van der Waals surface area contributed by atoms with Gasteiger partial charge in [-0.1, -0.05) is 41.3 Å². The van der Waals surface area contributed by atoms with Crippen LogP contribution < -0.4 is 15.0 Å². The van der Waals surface area contributed by atoms with Crippen LogP contribution in [-0.2, 0) is 16.0 Å². The summed E-state index contributed by atoms with van der Waals surface area (Å²) in [5.41, 5.74) is 1.95. The number of rotatable bonds is 10. The van der Waals surface area contributed by atoms with Crippen molar-refractivity contribution in [2.24, 2.45) is 5.10 Å². The number of fused-ring (bicyclic) bond motifs is 1. The third kappa shape index (κ3) is 6.58. The molecule has 0 bridgehead atoms. The van der Waals surface area contributed by atoms with Gasteiger partial charge in [0.15, 0.2) is 17.6 Å². The Hall–Kier alpha value is -3.46. The Morgan fingerprint density at radius 2 is 2.03 bits per heavy atom. The summed E-state index contributed by atoms with van der Waals surface area (Å²) in [7, 11) is 1.32. The number of nitrogens with zero attached hydrogens (tertiary/aromatic N) is 3. The van der Waals surface area contributed by atoms with Gasteiger partial charge in [-0.2, -0.15) is 9.78 Å². The minimum absolute atomic E-state index is 0.169. The summed E-state index contributed by atoms with van der Waals surface area (Å²) >= 11 is 3.47. The first-order valence-corrected chi connectivity index (χ1v) is 14.1. The van der Waals surface area contributed by atoms with E-state index in [4.69, 9.17) is 19.2 Å². The lowest BCUT2D eigenvalue weighted by Crippen LogP contribution is -2.26. The number of halogens is 1. The first-order valence-electron chi connectivity index (χ1n) is 13.3. The smallest absolute Gasteiger partial charge is 0.346 e. The maximum Gasteiger partial charge on any atom is 0.346 e. The Kier molecular flexibility index (Phi) is 9.56. The zero-order valence-corrected chi connectivity index (χ0v) is 24.2. The minimum Gasteiger partial charge on any atom is -0.490 e. The molecule has 4 rings (SSSR count). The van der Waals surface area contributed by atoms with E-state index in [1.54, 1.807) is 31.3 Å². The van der Waals surface area contributed by atoms with Crippen LogP contribution in [0.2, 0.25) is 0 Å². The molecular weight excluding hydrogens is 562 g/mol. The van der Waals surface area contributed by atoms with Gasteiger partial charge in [0, 0.05) is 16.0 Å². The van der Waals surface area contributed by atoms with Gasteiger partial charge in [-0.15, -0.1) is 6.58 Å². The minimum atomic E-state index is -0.822. The Bertz CT molecular complexity index is 1440. The average Bonchev–Trinajstić information content (AvgIpc) is 2.94. The molecule has 1 aliphatic rings. The van der Waals surface area contributed by atoms with Crippen LogP contribution in [0.4, 0.5) is 0 Å². The number of carbonyl (C=O) groups excluding carboxylic acids is 1. The molecule has 1 aromatic heterocycles. The van der Waals surface area contributed by atoms with Crippen molar-refractivity contribution in [2.75, 3.05) is 13.7 Å². The number of hydrogen-bond acceptors (Lipinski definition) is 7. The Morgan fingerprint density at radius 1 is 1.26 bits per heavy atom. The standard InChI is InChI=1S/C30H34BrN3O5/c1-5-10-22-15-20(16-26(38-6-2)27(22)39-19(3)30(36)37-4)18-32-34-28(21-11-8-7-9-12-21)33-25-14-13-23(31)17-24(25)29(34)35/h5,13-19,21H,1,6-12H2,2-4H3/t19-/m1/s1. The molecule has 0 spiro atoms. The van der Waals surface area contributed by atoms with Crippen molar-refractivity contribution in [2.45, 2.75) is 64.4 Å². The highest BCUT2D eigenvalue weighted by Gasteiger charge is 2.23. The van der Waals surface area contributed by atoms with Gasteiger partial charge >= 0.3 is 5.97 Å². The van der Waals surface area contributed by atoms with E-state index in [1.165, 1.54) is 18.2 Å². The molecule has 3 aromatic rings. The monoisotopic (exact) mass is 595 g/mol. The van der Waals surface area contributed by atoms with Gasteiger partial charge in [0.25, 0.3) is 5.56 Å². The number of allylic oxidation sites excluding steroid dienone is 1. The average molecular weight is 597 g/mol. The van der Waals surface area contributed by atoms with Gasteiger partial charge in [-0.25, -0.2) is 9.78 Å². The predicted molar refractivity (Wildman–Crippen MR) is 156 cm³/mol. The van der Waals surface area contributed by atoms with Gasteiger partial charge in [-0.3, -0.25) is 4.79 Å². The van der Waals surface area contributed by atoms with Crippen LogP contribution in [0, 0.1) is 0 Å². The summed E-state index contributed by atoms with van der Waals surface area (Å²) in [6.45, 7) is 7.75. The third-order valence-electron chi connectivity index (χ3n) is 6.77. The van der Waals surface area contributed by atoms with Crippen molar-refractivity contribution in [1.29, 1.82) is 0 Å². The van der Waals surface area contributed by atoms with Crippen molar-refractivity contribution in [3.63, 3.8) is 0 Å². The molecule has 0 saturated heterocycles. The highest BCUT2D eigenvalue weighted by molar-refractivity contribution is 9.10. The molecule has 0 radical (unpaired) electrons. The molecule has 206 valence electrons. The maximum absolute atomic E-state index is 13.7. The van der Waals surface area contributed by atoms with E-state index in [0.29, 0.717) is 46.8 Å². The Balaban J connectivity index is 1.81. The van der Waals surface area contributed by atoms with Crippen LogP contribution in [0.3, 0.4) is 0 Å². The van der Waals surface area contributed by atoms with Crippen molar-refractivity contribution in [3.8, 4) is 11.5 Å². The van der Waals surface area contributed by atoms with E-state index >= 15 is 0 Å². The summed E-state index contributed by atoms with van der Waals surface area (Å²) in [5.74, 6) is 1.28. The highest BCUT2D eigenvalue weighted by Crippen LogP contribution is 2.35. The summed E-state index contributed by atoms with van der Waals surface area (Å²) in [4.78, 5) is 30.6. The molecular formula is C30H34BrN3O5. The number of ether oxygens (including phenoxy) is 3. The van der Waals surface area contributed by atoms with Crippen molar-refractivity contribution >= 4 is 39.0 Å². The van der Waals surface area contributed by atoms with E-state index in [1.807, 2.05) is 25.1 Å². The van der Waals surface area contributed by atoms with Gasteiger partial charge in [0.2, 0.25) is 0 Å².